The largest absolute Gasteiger partial charge is 0.293 e. The lowest BCUT2D eigenvalue weighted by Crippen LogP contribution is -2.10. The van der Waals surface area contributed by atoms with Crippen molar-refractivity contribution in [3.8, 4) is 11.8 Å². The third kappa shape index (κ3) is 5.60. The maximum atomic E-state index is 11.6. The maximum Gasteiger partial charge on any atom is 0.109 e. The highest BCUT2D eigenvalue weighted by Gasteiger charge is 2.08. The molecule has 62 valence electrons. The molecule has 0 amide bonds. The standard InChI is InChI=1S/C9H14FN/c1-4-5-9(2,3)8-11-7-6-10/h8H,6-7H2,1-3H3. The van der Waals surface area contributed by atoms with E-state index in [-0.39, 0.29) is 12.0 Å². The molecular weight excluding hydrogens is 141 g/mol. The van der Waals surface area contributed by atoms with Crippen LogP contribution in [-0.4, -0.2) is 19.4 Å². The summed E-state index contributed by atoms with van der Waals surface area (Å²) in [7, 11) is 0. The van der Waals surface area contributed by atoms with Gasteiger partial charge in [0.1, 0.15) is 6.67 Å². The van der Waals surface area contributed by atoms with Gasteiger partial charge in [-0.15, -0.1) is 5.92 Å². The van der Waals surface area contributed by atoms with Gasteiger partial charge in [0.05, 0.1) is 12.0 Å². The lowest BCUT2D eigenvalue weighted by Gasteiger charge is -2.08. The van der Waals surface area contributed by atoms with Crippen LogP contribution in [0.5, 0.6) is 0 Å². The Balaban J connectivity index is 3.96. The number of hydrogen-bond donors (Lipinski definition) is 0. The van der Waals surface area contributed by atoms with Crippen molar-refractivity contribution in [2.24, 2.45) is 10.4 Å². The zero-order valence-electron chi connectivity index (χ0n) is 7.32. The van der Waals surface area contributed by atoms with Crippen LogP contribution < -0.4 is 0 Å². The van der Waals surface area contributed by atoms with Crippen molar-refractivity contribution in [1.82, 2.24) is 0 Å². The molecule has 0 unspecified atom stereocenters. The summed E-state index contributed by atoms with van der Waals surface area (Å²) in [4.78, 5) is 3.88. The number of rotatable bonds is 3. The Morgan fingerprint density at radius 3 is 2.64 bits per heavy atom. The number of hydrogen-bond acceptors (Lipinski definition) is 1. The lowest BCUT2D eigenvalue weighted by atomic mass is 9.96. The number of halogens is 1. The van der Waals surface area contributed by atoms with Crippen molar-refractivity contribution in [3.63, 3.8) is 0 Å². The van der Waals surface area contributed by atoms with Crippen molar-refractivity contribution >= 4 is 6.21 Å². The van der Waals surface area contributed by atoms with E-state index in [1.807, 2.05) is 13.8 Å². The van der Waals surface area contributed by atoms with Crippen molar-refractivity contribution in [2.75, 3.05) is 13.2 Å². The van der Waals surface area contributed by atoms with Crippen molar-refractivity contribution in [1.29, 1.82) is 0 Å². The van der Waals surface area contributed by atoms with E-state index in [9.17, 15) is 4.39 Å². The fraction of sp³-hybridized carbons (Fsp3) is 0.667. The summed E-state index contributed by atoms with van der Waals surface area (Å²) in [5.41, 5.74) is -0.218. The molecule has 0 aromatic rings. The van der Waals surface area contributed by atoms with Crippen LogP contribution in [0, 0.1) is 17.3 Å². The molecule has 0 heterocycles. The molecule has 0 saturated heterocycles. The molecule has 0 N–H and O–H groups in total. The third-order valence-corrected chi connectivity index (χ3v) is 1.07. The van der Waals surface area contributed by atoms with E-state index >= 15 is 0 Å². The van der Waals surface area contributed by atoms with Gasteiger partial charge in [-0.25, -0.2) is 4.39 Å². The van der Waals surface area contributed by atoms with Crippen molar-refractivity contribution in [3.05, 3.63) is 0 Å². The highest BCUT2D eigenvalue weighted by atomic mass is 19.1. The fourth-order valence-corrected chi connectivity index (χ4v) is 0.696. The lowest BCUT2D eigenvalue weighted by molar-refractivity contribution is 0.504. The molecule has 0 aromatic carbocycles. The molecule has 0 rings (SSSR count). The monoisotopic (exact) mass is 155 g/mol. The highest BCUT2D eigenvalue weighted by molar-refractivity contribution is 5.69. The van der Waals surface area contributed by atoms with Gasteiger partial charge in [0, 0.05) is 6.21 Å². The Hall–Kier alpha value is -0.840. The van der Waals surface area contributed by atoms with Crippen molar-refractivity contribution in [2.45, 2.75) is 20.8 Å². The summed E-state index contributed by atoms with van der Waals surface area (Å²) in [6, 6.07) is 0. The second kappa shape index (κ2) is 4.90. The van der Waals surface area contributed by atoms with Crippen LogP contribution in [0.25, 0.3) is 0 Å². The predicted octanol–water partition coefficient (Wildman–Crippen LogP) is 2.08. The Labute approximate surface area is 67.7 Å². The molecule has 0 aliphatic rings. The summed E-state index contributed by atoms with van der Waals surface area (Å²) < 4.78 is 11.6. The second-order valence-electron chi connectivity index (χ2n) is 2.82. The molecular formula is C9H14FN. The van der Waals surface area contributed by atoms with E-state index in [1.54, 1.807) is 13.1 Å². The van der Waals surface area contributed by atoms with Gasteiger partial charge in [0.2, 0.25) is 0 Å². The smallest absolute Gasteiger partial charge is 0.109 e. The zero-order valence-corrected chi connectivity index (χ0v) is 7.32. The third-order valence-electron chi connectivity index (χ3n) is 1.07. The molecule has 0 spiro atoms. The molecule has 0 saturated carbocycles. The summed E-state index contributed by atoms with van der Waals surface area (Å²) >= 11 is 0. The molecule has 0 aromatic heterocycles. The number of alkyl halides is 1. The van der Waals surface area contributed by atoms with Gasteiger partial charge in [-0.1, -0.05) is 5.92 Å². The summed E-state index contributed by atoms with van der Waals surface area (Å²) in [5, 5.41) is 0. The Kier molecular flexibility index (Phi) is 4.52. The fourth-order valence-electron chi connectivity index (χ4n) is 0.696. The van der Waals surface area contributed by atoms with Gasteiger partial charge < -0.3 is 0 Å². The molecule has 2 heteroatoms. The molecule has 0 aliphatic heterocycles. The first kappa shape index (κ1) is 10.2. The van der Waals surface area contributed by atoms with Crippen LogP contribution in [-0.2, 0) is 0 Å². The van der Waals surface area contributed by atoms with Crippen LogP contribution in [0.15, 0.2) is 4.99 Å². The van der Waals surface area contributed by atoms with Gasteiger partial charge in [0.25, 0.3) is 0 Å². The predicted molar refractivity (Wildman–Crippen MR) is 46.6 cm³/mol. The average Bonchev–Trinajstić information content (AvgIpc) is 1.87. The van der Waals surface area contributed by atoms with Crippen LogP contribution in [0.4, 0.5) is 4.39 Å². The van der Waals surface area contributed by atoms with E-state index in [0.717, 1.165) is 0 Å². The second-order valence-corrected chi connectivity index (χ2v) is 2.82. The first-order chi connectivity index (χ1) is 5.12. The van der Waals surface area contributed by atoms with Crippen LogP contribution in [0.3, 0.4) is 0 Å². The van der Waals surface area contributed by atoms with Gasteiger partial charge >= 0.3 is 0 Å². The van der Waals surface area contributed by atoms with Crippen LogP contribution in [0.2, 0.25) is 0 Å². The van der Waals surface area contributed by atoms with E-state index in [1.165, 1.54) is 0 Å². The minimum atomic E-state index is -0.397. The van der Waals surface area contributed by atoms with E-state index in [4.69, 9.17) is 0 Å². The molecule has 0 radical (unpaired) electrons. The molecule has 1 nitrogen and oxygen atoms in total. The SMILES string of the molecule is CC#CC(C)(C)C=NCCF. The summed E-state index contributed by atoms with van der Waals surface area (Å²) in [5.74, 6) is 5.76. The Bertz CT molecular complexity index is 183. The van der Waals surface area contributed by atoms with Crippen LogP contribution >= 0.6 is 0 Å². The molecule has 0 aliphatic carbocycles. The molecule has 0 atom stereocenters. The molecule has 0 fully saturated rings. The Morgan fingerprint density at radius 1 is 1.55 bits per heavy atom. The Morgan fingerprint density at radius 2 is 2.18 bits per heavy atom. The van der Waals surface area contributed by atoms with Gasteiger partial charge in [-0.2, -0.15) is 0 Å². The number of nitrogens with zero attached hydrogens (tertiary/aromatic N) is 1. The number of aliphatic imine (C=N–C) groups is 1. The minimum Gasteiger partial charge on any atom is -0.293 e. The molecule has 11 heavy (non-hydrogen) atoms. The quantitative estimate of drug-likeness (QED) is 0.437. The van der Waals surface area contributed by atoms with E-state index < -0.39 is 6.67 Å². The van der Waals surface area contributed by atoms with E-state index in [2.05, 4.69) is 16.8 Å². The summed E-state index contributed by atoms with van der Waals surface area (Å²) in [6.07, 6.45) is 1.70. The average molecular weight is 155 g/mol. The highest BCUT2D eigenvalue weighted by Crippen LogP contribution is 2.08. The maximum absolute atomic E-state index is 11.6. The summed E-state index contributed by atoms with van der Waals surface area (Å²) in [6.45, 7) is 5.53. The van der Waals surface area contributed by atoms with E-state index in [0.29, 0.717) is 0 Å². The van der Waals surface area contributed by atoms with Crippen molar-refractivity contribution < 1.29 is 4.39 Å². The zero-order chi connectivity index (χ0) is 8.74. The van der Waals surface area contributed by atoms with Gasteiger partial charge in [-0.3, -0.25) is 4.99 Å². The normalized spacial score (nSPS) is 11.3. The topological polar surface area (TPSA) is 12.4 Å². The first-order valence-corrected chi connectivity index (χ1v) is 3.63. The molecule has 0 bridgehead atoms. The van der Waals surface area contributed by atoms with Crippen LogP contribution in [0.1, 0.15) is 20.8 Å². The first-order valence-electron chi connectivity index (χ1n) is 3.63. The minimum absolute atomic E-state index is 0.218. The van der Waals surface area contributed by atoms with Gasteiger partial charge in [0.15, 0.2) is 0 Å². The van der Waals surface area contributed by atoms with Gasteiger partial charge in [-0.05, 0) is 20.8 Å².